The van der Waals surface area contributed by atoms with E-state index in [-0.39, 0.29) is 6.04 Å². The molecule has 2 aromatic rings. The normalized spacial score (nSPS) is 13.0. The van der Waals surface area contributed by atoms with Crippen LogP contribution in [0.5, 0.6) is 0 Å². The van der Waals surface area contributed by atoms with Crippen LogP contribution < -0.4 is 5.32 Å². The zero-order valence-electron chi connectivity index (χ0n) is 7.66. The second kappa shape index (κ2) is 3.90. The fourth-order valence-corrected chi connectivity index (χ4v) is 1.52. The minimum Gasteiger partial charge on any atom is -0.467 e. The third-order valence-corrected chi connectivity index (χ3v) is 2.20. The van der Waals surface area contributed by atoms with E-state index in [2.05, 4.69) is 5.32 Å². The van der Waals surface area contributed by atoms with Crippen LogP contribution in [-0.4, -0.2) is 7.05 Å². The summed E-state index contributed by atoms with van der Waals surface area (Å²) in [7, 11) is 1.84. The summed E-state index contributed by atoms with van der Waals surface area (Å²) in [5, 5.41) is 3.47. The fraction of sp³-hybridized carbons (Fsp3) is 0.200. The van der Waals surface area contributed by atoms with E-state index in [1.54, 1.807) is 12.3 Å². The summed E-state index contributed by atoms with van der Waals surface area (Å²) in [6.45, 7) is 0. The monoisotopic (exact) mass is 211 g/mol. The topological polar surface area (TPSA) is 38.3 Å². The van der Waals surface area contributed by atoms with Gasteiger partial charge in [-0.3, -0.25) is 0 Å². The molecule has 0 saturated heterocycles. The standard InChI is InChI=1S/C10H10ClNO2/c1-12-10(7-3-2-6-13-7)8-4-5-9(11)14-8/h2-6,10,12H,1H3. The van der Waals surface area contributed by atoms with Crippen molar-refractivity contribution in [3.05, 3.63) is 47.3 Å². The Bertz CT molecular complexity index is 394. The molecule has 0 aliphatic carbocycles. The van der Waals surface area contributed by atoms with Gasteiger partial charge in [-0.1, -0.05) is 0 Å². The summed E-state index contributed by atoms with van der Waals surface area (Å²) in [5.41, 5.74) is 0. The van der Waals surface area contributed by atoms with Crippen molar-refractivity contribution in [2.75, 3.05) is 7.05 Å². The summed E-state index contributed by atoms with van der Waals surface area (Å²) >= 11 is 5.70. The lowest BCUT2D eigenvalue weighted by Gasteiger charge is -2.09. The number of nitrogens with one attached hydrogen (secondary N) is 1. The molecule has 14 heavy (non-hydrogen) atoms. The van der Waals surface area contributed by atoms with E-state index in [1.165, 1.54) is 0 Å². The second-order valence-electron chi connectivity index (χ2n) is 2.88. The Morgan fingerprint density at radius 1 is 1.29 bits per heavy atom. The van der Waals surface area contributed by atoms with Crippen LogP contribution in [0.15, 0.2) is 39.4 Å². The van der Waals surface area contributed by atoms with Crippen LogP contribution in [0.2, 0.25) is 5.22 Å². The quantitative estimate of drug-likeness (QED) is 0.849. The number of furan rings is 2. The molecule has 3 nitrogen and oxygen atoms in total. The smallest absolute Gasteiger partial charge is 0.193 e. The van der Waals surface area contributed by atoms with E-state index in [0.717, 1.165) is 11.5 Å². The molecule has 74 valence electrons. The molecule has 1 N–H and O–H groups in total. The number of hydrogen-bond donors (Lipinski definition) is 1. The Hall–Kier alpha value is -1.19. The molecule has 2 heterocycles. The molecule has 0 aliphatic heterocycles. The maximum atomic E-state index is 5.70. The summed E-state index contributed by atoms with van der Waals surface area (Å²) in [6.07, 6.45) is 1.63. The molecule has 0 spiro atoms. The molecular formula is C10H10ClNO2. The molecular weight excluding hydrogens is 202 g/mol. The molecule has 1 atom stereocenters. The van der Waals surface area contributed by atoms with Gasteiger partial charge in [0.15, 0.2) is 5.22 Å². The van der Waals surface area contributed by atoms with Crippen LogP contribution in [-0.2, 0) is 0 Å². The van der Waals surface area contributed by atoms with E-state index in [1.807, 2.05) is 25.2 Å². The summed E-state index contributed by atoms with van der Waals surface area (Å²) in [5.74, 6) is 1.55. The maximum Gasteiger partial charge on any atom is 0.193 e. The molecule has 0 radical (unpaired) electrons. The molecule has 0 aliphatic rings. The third-order valence-electron chi connectivity index (χ3n) is 1.99. The van der Waals surface area contributed by atoms with Gasteiger partial charge in [0.2, 0.25) is 0 Å². The highest BCUT2D eigenvalue weighted by molar-refractivity contribution is 6.28. The van der Waals surface area contributed by atoms with Crippen molar-refractivity contribution in [1.29, 1.82) is 0 Å². The van der Waals surface area contributed by atoms with E-state index in [9.17, 15) is 0 Å². The van der Waals surface area contributed by atoms with E-state index < -0.39 is 0 Å². The lowest BCUT2D eigenvalue weighted by Crippen LogP contribution is -2.16. The van der Waals surface area contributed by atoms with Gasteiger partial charge in [0.25, 0.3) is 0 Å². The van der Waals surface area contributed by atoms with Crippen LogP contribution in [0, 0.1) is 0 Å². The highest BCUT2D eigenvalue weighted by Gasteiger charge is 2.17. The highest BCUT2D eigenvalue weighted by atomic mass is 35.5. The molecule has 0 amide bonds. The van der Waals surface area contributed by atoms with Gasteiger partial charge in [-0.15, -0.1) is 0 Å². The van der Waals surface area contributed by atoms with Crippen molar-refractivity contribution in [2.45, 2.75) is 6.04 Å². The van der Waals surface area contributed by atoms with Crippen molar-refractivity contribution in [3.63, 3.8) is 0 Å². The van der Waals surface area contributed by atoms with Crippen molar-refractivity contribution in [3.8, 4) is 0 Å². The van der Waals surface area contributed by atoms with Crippen LogP contribution in [0.3, 0.4) is 0 Å². The molecule has 0 bridgehead atoms. The van der Waals surface area contributed by atoms with E-state index in [4.69, 9.17) is 20.4 Å². The van der Waals surface area contributed by atoms with E-state index >= 15 is 0 Å². The van der Waals surface area contributed by atoms with Gasteiger partial charge in [0.1, 0.15) is 17.6 Å². The van der Waals surface area contributed by atoms with Gasteiger partial charge in [0, 0.05) is 0 Å². The zero-order chi connectivity index (χ0) is 9.97. The first-order chi connectivity index (χ1) is 6.81. The molecule has 0 aromatic carbocycles. The van der Waals surface area contributed by atoms with Crippen molar-refractivity contribution < 1.29 is 8.83 Å². The zero-order valence-corrected chi connectivity index (χ0v) is 8.41. The van der Waals surface area contributed by atoms with E-state index in [0.29, 0.717) is 5.22 Å². The highest BCUT2D eigenvalue weighted by Crippen LogP contribution is 2.25. The first-order valence-electron chi connectivity index (χ1n) is 4.27. The number of rotatable bonds is 3. The average Bonchev–Trinajstić information content (AvgIpc) is 2.79. The maximum absolute atomic E-state index is 5.70. The number of halogens is 1. The Labute approximate surface area is 86.7 Å². The van der Waals surface area contributed by atoms with Gasteiger partial charge >= 0.3 is 0 Å². The van der Waals surface area contributed by atoms with Crippen LogP contribution >= 0.6 is 11.6 Å². The Morgan fingerprint density at radius 3 is 2.64 bits per heavy atom. The lowest BCUT2D eigenvalue weighted by molar-refractivity contribution is 0.404. The molecule has 2 rings (SSSR count). The second-order valence-corrected chi connectivity index (χ2v) is 3.25. The molecule has 4 heteroatoms. The lowest BCUT2D eigenvalue weighted by atomic mass is 10.2. The summed E-state index contributed by atoms with van der Waals surface area (Å²) < 4.78 is 10.6. The Morgan fingerprint density at radius 2 is 2.14 bits per heavy atom. The summed E-state index contributed by atoms with van der Waals surface area (Å²) in [6, 6.07) is 7.18. The molecule has 2 aromatic heterocycles. The fourth-order valence-electron chi connectivity index (χ4n) is 1.36. The predicted molar refractivity (Wildman–Crippen MR) is 53.3 cm³/mol. The minimum atomic E-state index is -0.0856. The first kappa shape index (κ1) is 9.37. The number of hydrogen-bond acceptors (Lipinski definition) is 3. The van der Waals surface area contributed by atoms with Crippen LogP contribution in [0.25, 0.3) is 0 Å². The van der Waals surface area contributed by atoms with Crippen molar-refractivity contribution in [2.24, 2.45) is 0 Å². The van der Waals surface area contributed by atoms with Crippen molar-refractivity contribution in [1.82, 2.24) is 5.32 Å². The van der Waals surface area contributed by atoms with Gasteiger partial charge in [-0.05, 0) is 42.9 Å². The third kappa shape index (κ3) is 1.69. The Balaban J connectivity index is 2.31. The molecule has 0 fully saturated rings. The summed E-state index contributed by atoms with van der Waals surface area (Å²) in [4.78, 5) is 0. The average molecular weight is 212 g/mol. The SMILES string of the molecule is CNC(c1ccco1)c1ccc(Cl)o1. The van der Waals surface area contributed by atoms with Crippen LogP contribution in [0.4, 0.5) is 0 Å². The molecule has 0 saturated carbocycles. The predicted octanol–water partition coefficient (Wildman–Crippen LogP) is 2.83. The van der Waals surface area contributed by atoms with Gasteiger partial charge in [0.05, 0.1) is 6.26 Å². The van der Waals surface area contributed by atoms with Crippen LogP contribution in [0.1, 0.15) is 17.6 Å². The minimum absolute atomic E-state index is 0.0856. The van der Waals surface area contributed by atoms with Gasteiger partial charge in [-0.2, -0.15) is 0 Å². The van der Waals surface area contributed by atoms with Gasteiger partial charge < -0.3 is 14.2 Å². The molecule has 1 unspecified atom stereocenters. The largest absolute Gasteiger partial charge is 0.467 e. The van der Waals surface area contributed by atoms with Crippen molar-refractivity contribution >= 4 is 11.6 Å². The Kier molecular flexibility index (Phi) is 2.61. The van der Waals surface area contributed by atoms with Gasteiger partial charge in [-0.25, -0.2) is 0 Å². The first-order valence-corrected chi connectivity index (χ1v) is 4.65.